The number of hydrazine groups is 1. The Morgan fingerprint density at radius 2 is 1.79 bits per heavy atom. The van der Waals surface area contributed by atoms with Crippen molar-refractivity contribution in [2.75, 3.05) is 18.1 Å². The Morgan fingerprint density at radius 1 is 1.10 bits per heavy atom. The standard InChI is InChI=1S/C20H23N3O5S/c1-2-15-5-9-17(10-6-15)28-14-19(24)21-22-29(26,27)18-11-7-16(8-12-18)23-13-3-4-20(23)25/h5-12,22H,2-4,13-14H2,1H3,(H,21,24). The molecular formula is C20H23N3O5S. The maximum Gasteiger partial charge on any atom is 0.272 e. The molecule has 2 aromatic carbocycles. The molecule has 9 heteroatoms. The molecule has 2 N–H and O–H groups in total. The first kappa shape index (κ1) is 20.8. The van der Waals surface area contributed by atoms with Crippen molar-refractivity contribution < 1.29 is 22.7 Å². The van der Waals surface area contributed by atoms with E-state index in [1.807, 2.05) is 23.9 Å². The molecule has 0 spiro atoms. The van der Waals surface area contributed by atoms with Gasteiger partial charge in [0.15, 0.2) is 6.61 Å². The van der Waals surface area contributed by atoms with Gasteiger partial charge in [-0.3, -0.25) is 15.0 Å². The van der Waals surface area contributed by atoms with Crippen molar-refractivity contribution in [1.82, 2.24) is 10.3 Å². The third-order valence-corrected chi connectivity index (χ3v) is 5.82. The van der Waals surface area contributed by atoms with Crippen LogP contribution in [0.3, 0.4) is 0 Å². The molecule has 1 heterocycles. The number of carbonyl (C=O) groups is 2. The van der Waals surface area contributed by atoms with Gasteiger partial charge in [0.25, 0.3) is 15.9 Å². The third kappa shape index (κ3) is 5.33. The Hall–Kier alpha value is -2.91. The first-order valence-electron chi connectivity index (χ1n) is 9.32. The minimum Gasteiger partial charge on any atom is -0.484 e. The Balaban J connectivity index is 1.52. The fourth-order valence-corrected chi connectivity index (χ4v) is 3.78. The third-order valence-electron chi connectivity index (χ3n) is 4.56. The maximum atomic E-state index is 12.3. The second kappa shape index (κ2) is 9.06. The van der Waals surface area contributed by atoms with Crippen LogP contribution >= 0.6 is 0 Å². The van der Waals surface area contributed by atoms with Crippen molar-refractivity contribution in [1.29, 1.82) is 0 Å². The van der Waals surface area contributed by atoms with Crippen LogP contribution in [0.15, 0.2) is 53.4 Å². The van der Waals surface area contributed by atoms with E-state index in [4.69, 9.17) is 4.74 Å². The monoisotopic (exact) mass is 417 g/mol. The summed E-state index contributed by atoms with van der Waals surface area (Å²) in [6.45, 7) is 2.33. The molecule has 0 radical (unpaired) electrons. The first-order valence-corrected chi connectivity index (χ1v) is 10.8. The molecule has 0 aromatic heterocycles. The molecule has 1 fully saturated rings. The van der Waals surface area contributed by atoms with E-state index < -0.39 is 15.9 Å². The summed E-state index contributed by atoms with van der Waals surface area (Å²) in [5.74, 6) is -0.0880. The molecule has 1 aliphatic rings. The van der Waals surface area contributed by atoms with E-state index >= 15 is 0 Å². The number of aryl methyl sites for hydroxylation is 1. The van der Waals surface area contributed by atoms with E-state index in [1.165, 1.54) is 12.1 Å². The second-order valence-corrected chi connectivity index (χ2v) is 8.27. The zero-order valence-corrected chi connectivity index (χ0v) is 16.9. The van der Waals surface area contributed by atoms with Gasteiger partial charge in [0.2, 0.25) is 5.91 Å². The SMILES string of the molecule is CCc1ccc(OCC(=O)NNS(=O)(=O)c2ccc(N3CCCC3=O)cc2)cc1. The van der Waals surface area contributed by atoms with E-state index in [2.05, 4.69) is 5.43 Å². The van der Waals surface area contributed by atoms with Gasteiger partial charge in [-0.15, -0.1) is 4.83 Å². The summed E-state index contributed by atoms with van der Waals surface area (Å²) >= 11 is 0. The number of amides is 2. The Kier molecular flexibility index (Phi) is 6.50. The number of nitrogens with one attached hydrogen (secondary N) is 2. The largest absolute Gasteiger partial charge is 0.484 e. The van der Waals surface area contributed by atoms with Crippen LogP contribution in [0.25, 0.3) is 0 Å². The molecule has 0 atom stereocenters. The molecular weight excluding hydrogens is 394 g/mol. The van der Waals surface area contributed by atoms with Crippen LogP contribution in [0.4, 0.5) is 5.69 Å². The highest BCUT2D eigenvalue weighted by Crippen LogP contribution is 2.22. The highest BCUT2D eigenvalue weighted by Gasteiger charge is 2.22. The summed E-state index contributed by atoms with van der Waals surface area (Å²) in [5, 5.41) is 0. The van der Waals surface area contributed by atoms with Crippen LogP contribution < -0.4 is 19.9 Å². The molecule has 29 heavy (non-hydrogen) atoms. The number of rotatable bonds is 8. The summed E-state index contributed by atoms with van der Waals surface area (Å²) < 4.78 is 30.0. The molecule has 0 bridgehead atoms. The highest BCUT2D eigenvalue weighted by atomic mass is 32.2. The van der Waals surface area contributed by atoms with Gasteiger partial charge in [0.1, 0.15) is 5.75 Å². The highest BCUT2D eigenvalue weighted by molar-refractivity contribution is 7.89. The van der Waals surface area contributed by atoms with Crippen molar-refractivity contribution >= 4 is 27.5 Å². The number of ether oxygens (including phenoxy) is 1. The molecule has 0 aliphatic carbocycles. The first-order chi connectivity index (χ1) is 13.9. The molecule has 2 aromatic rings. The summed E-state index contributed by atoms with van der Waals surface area (Å²) in [6, 6.07) is 13.2. The van der Waals surface area contributed by atoms with Gasteiger partial charge in [0, 0.05) is 18.7 Å². The minimum absolute atomic E-state index is 0.0235. The lowest BCUT2D eigenvalue weighted by molar-refractivity contribution is -0.123. The lowest BCUT2D eigenvalue weighted by atomic mass is 10.2. The van der Waals surface area contributed by atoms with Gasteiger partial charge in [-0.25, -0.2) is 8.42 Å². The molecule has 8 nitrogen and oxygen atoms in total. The van der Waals surface area contributed by atoms with Crippen LogP contribution in [0.2, 0.25) is 0 Å². The quantitative estimate of drug-likeness (QED) is 0.637. The fraction of sp³-hybridized carbons (Fsp3) is 0.300. The number of hydrogen-bond donors (Lipinski definition) is 2. The zero-order chi connectivity index (χ0) is 20.9. The van der Waals surface area contributed by atoms with Crippen molar-refractivity contribution in [2.45, 2.75) is 31.1 Å². The second-order valence-electron chi connectivity index (χ2n) is 6.58. The van der Waals surface area contributed by atoms with Gasteiger partial charge in [-0.2, -0.15) is 0 Å². The van der Waals surface area contributed by atoms with Crippen LogP contribution in [0, 0.1) is 0 Å². The Labute approximate surface area is 169 Å². The Bertz CT molecular complexity index is 972. The van der Waals surface area contributed by atoms with Crippen LogP contribution in [0.1, 0.15) is 25.3 Å². The molecule has 0 unspecified atom stereocenters. The number of anilines is 1. The molecule has 2 amide bonds. The molecule has 154 valence electrons. The van der Waals surface area contributed by atoms with Gasteiger partial charge in [0.05, 0.1) is 4.90 Å². The van der Waals surface area contributed by atoms with E-state index in [9.17, 15) is 18.0 Å². The molecule has 1 saturated heterocycles. The average Bonchev–Trinajstić information content (AvgIpc) is 3.17. The van der Waals surface area contributed by atoms with Crippen molar-refractivity contribution in [3.8, 4) is 5.75 Å². The summed E-state index contributed by atoms with van der Waals surface area (Å²) in [7, 11) is -3.94. The predicted molar refractivity (Wildman–Crippen MR) is 108 cm³/mol. The fourth-order valence-electron chi connectivity index (χ4n) is 2.92. The van der Waals surface area contributed by atoms with Crippen LogP contribution in [0.5, 0.6) is 5.75 Å². The smallest absolute Gasteiger partial charge is 0.272 e. The number of nitrogens with zero attached hydrogens (tertiary/aromatic N) is 1. The molecule has 3 rings (SSSR count). The maximum absolute atomic E-state index is 12.3. The lowest BCUT2D eigenvalue weighted by Crippen LogP contribution is -2.43. The van der Waals surface area contributed by atoms with E-state index in [1.54, 1.807) is 29.2 Å². The van der Waals surface area contributed by atoms with Crippen LogP contribution in [-0.4, -0.2) is 33.4 Å². The molecule has 0 saturated carbocycles. The predicted octanol–water partition coefficient (Wildman–Crippen LogP) is 1.76. The summed E-state index contributed by atoms with van der Waals surface area (Å²) in [6.07, 6.45) is 2.19. The van der Waals surface area contributed by atoms with Gasteiger partial charge in [-0.05, 0) is 54.8 Å². The normalized spacial score (nSPS) is 14.1. The van der Waals surface area contributed by atoms with Crippen molar-refractivity contribution in [3.05, 3.63) is 54.1 Å². The van der Waals surface area contributed by atoms with Gasteiger partial charge < -0.3 is 9.64 Å². The summed E-state index contributed by atoms with van der Waals surface area (Å²) in [4.78, 5) is 27.3. The summed E-state index contributed by atoms with van der Waals surface area (Å²) in [5.41, 5.74) is 3.92. The van der Waals surface area contributed by atoms with Crippen molar-refractivity contribution in [3.63, 3.8) is 0 Å². The van der Waals surface area contributed by atoms with Gasteiger partial charge in [-0.1, -0.05) is 19.1 Å². The van der Waals surface area contributed by atoms with E-state index in [-0.39, 0.29) is 17.4 Å². The zero-order valence-electron chi connectivity index (χ0n) is 16.1. The number of sulfonamides is 1. The lowest BCUT2D eigenvalue weighted by Gasteiger charge is -2.16. The Morgan fingerprint density at radius 3 is 2.38 bits per heavy atom. The van der Waals surface area contributed by atoms with Crippen molar-refractivity contribution in [2.24, 2.45) is 0 Å². The minimum atomic E-state index is -3.94. The number of hydrogen-bond acceptors (Lipinski definition) is 5. The van der Waals surface area contributed by atoms with E-state index in [0.29, 0.717) is 24.4 Å². The van der Waals surface area contributed by atoms with E-state index in [0.717, 1.165) is 18.4 Å². The molecule has 1 aliphatic heterocycles. The number of carbonyl (C=O) groups excluding carboxylic acids is 2. The van der Waals surface area contributed by atoms with Gasteiger partial charge >= 0.3 is 0 Å². The number of benzene rings is 2. The average molecular weight is 417 g/mol. The topological polar surface area (TPSA) is 105 Å². The van der Waals surface area contributed by atoms with Crippen LogP contribution in [-0.2, 0) is 26.0 Å².